The van der Waals surface area contributed by atoms with Gasteiger partial charge in [0.2, 0.25) is 11.6 Å². The van der Waals surface area contributed by atoms with E-state index in [0.717, 1.165) is 25.1 Å². The molecule has 6 rings (SSSR count). The van der Waals surface area contributed by atoms with E-state index in [1.807, 2.05) is 18.5 Å². The molecule has 0 unspecified atom stereocenters. The SMILES string of the molecule is N#Cc1cc(-c2cnc3nnn(C[C@@H]4CN(c5ncc(C6=CCN(CCO)CC6)cn5)CCO4)c3n2)ccc1F. The number of anilines is 1. The Labute approximate surface area is 229 Å². The number of aliphatic hydroxyl groups excluding tert-OH is 1. The average Bonchev–Trinajstić information content (AvgIpc) is 3.40. The van der Waals surface area contributed by atoms with E-state index in [0.29, 0.717) is 61.3 Å². The quantitative estimate of drug-likeness (QED) is 0.364. The number of aromatic nitrogens is 7. The van der Waals surface area contributed by atoms with Gasteiger partial charge in [0.1, 0.15) is 11.9 Å². The smallest absolute Gasteiger partial charge is 0.225 e. The lowest BCUT2D eigenvalue weighted by molar-refractivity contribution is 0.0273. The van der Waals surface area contributed by atoms with Gasteiger partial charge in [-0.2, -0.15) is 5.26 Å². The zero-order valence-corrected chi connectivity index (χ0v) is 21.7. The number of hydrogen-bond acceptors (Lipinski definition) is 11. The maximum absolute atomic E-state index is 13.8. The molecule has 0 aliphatic carbocycles. The van der Waals surface area contributed by atoms with Crippen molar-refractivity contribution in [1.82, 2.24) is 39.8 Å². The van der Waals surface area contributed by atoms with Gasteiger partial charge in [0.15, 0.2) is 5.65 Å². The normalized spacial score (nSPS) is 18.1. The van der Waals surface area contributed by atoms with Crippen LogP contribution in [-0.2, 0) is 11.3 Å². The summed E-state index contributed by atoms with van der Waals surface area (Å²) in [6, 6.07) is 6.10. The highest BCUT2D eigenvalue weighted by Crippen LogP contribution is 2.24. The first-order chi connectivity index (χ1) is 19.6. The lowest BCUT2D eigenvalue weighted by atomic mass is 10.0. The molecule has 1 atom stereocenters. The molecule has 40 heavy (non-hydrogen) atoms. The summed E-state index contributed by atoms with van der Waals surface area (Å²) in [5.41, 5.74) is 4.10. The lowest BCUT2D eigenvalue weighted by Gasteiger charge is -2.32. The Morgan fingerprint density at radius 3 is 2.77 bits per heavy atom. The highest BCUT2D eigenvalue weighted by atomic mass is 19.1. The lowest BCUT2D eigenvalue weighted by Crippen LogP contribution is -2.45. The van der Waals surface area contributed by atoms with Gasteiger partial charge in [-0.25, -0.2) is 29.0 Å². The molecule has 5 heterocycles. The number of β-amino-alcohol motifs (C(OH)–C–C–N with tert-alkyl or cyclic N) is 1. The molecule has 0 radical (unpaired) electrons. The van der Waals surface area contributed by atoms with E-state index < -0.39 is 5.82 Å². The molecular formula is C27H27FN10O2. The number of ether oxygens (including phenoxy) is 1. The summed E-state index contributed by atoms with van der Waals surface area (Å²) in [6.07, 6.45) is 8.15. The van der Waals surface area contributed by atoms with Gasteiger partial charge < -0.3 is 14.7 Å². The minimum absolute atomic E-state index is 0.0582. The van der Waals surface area contributed by atoms with E-state index >= 15 is 0 Å². The van der Waals surface area contributed by atoms with Crippen molar-refractivity contribution in [3.63, 3.8) is 0 Å². The molecule has 2 aliphatic heterocycles. The number of benzene rings is 1. The minimum atomic E-state index is -0.582. The summed E-state index contributed by atoms with van der Waals surface area (Å²) < 4.78 is 21.5. The predicted molar refractivity (Wildman–Crippen MR) is 143 cm³/mol. The van der Waals surface area contributed by atoms with Crippen LogP contribution in [0.5, 0.6) is 0 Å². The second-order valence-corrected chi connectivity index (χ2v) is 9.69. The molecule has 1 saturated heterocycles. The molecule has 1 aromatic carbocycles. The maximum Gasteiger partial charge on any atom is 0.225 e. The maximum atomic E-state index is 13.8. The predicted octanol–water partition coefficient (Wildman–Crippen LogP) is 1.68. The largest absolute Gasteiger partial charge is 0.395 e. The van der Waals surface area contributed by atoms with E-state index in [-0.39, 0.29) is 18.3 Å². The molecular weight excluding hydrogens is 515 g/mol. The van der Waals surface area contributed by atoms with Gasteiger partial charge in [-0.15, -0.1) is 5.10 Å². The first-order valence-electron chi connectivity index (χ1n) is 13.1. The zero-order chi connectivity index (χ0) is 27.5. The van der Waals surface area contributed by atoms with Gasteiger partial charge >= 0.3 is 0 Å². The summed E-state index contributed by atoms with van der Waals surface area (Å²) >= 11 is 0. The van der Waals surface area contributed by atoms with Gasteiger partial charge in [-0.05, 0) is 30.2 Å². The number of halogens is 1. The van der Waals surface area contributed by atoms with E-state index in [4.69, 9.17) is 15.1 Å². The summed E-state index contributed by atoms with van der Waals surface area (Å²) in [5, 5.41) is 26.7. The Morgan fingerprint density at radius 1 is 1.12 bits per heavy atom. The fourth-order valence-corrected chi connectivity index (χ4v) is 4.96. The third kappa shape index (κ3) is 5.37. The summed E-state index contributed by atoms with van der Waals surface area (Å²) in [4.78, 5) is 22.6. The topological polar surface area (TPSA) is 142 Å². The van der Waals surface area contributed by atoms with Crippen LogP contribution in [0.1, 0.15) is 17.5 Å². The zero-order valence-electron chi connectivity index (χ0n) is 21.7. The Morgan fingerprint density at radius 2 is 2.00 bits per heavy atom. The van der Waals surface area contributed by atoms with Crippen LogP contribution in [0.3, 0.4) is 0 Å². The number of nitrogens with zero attached hydrogens (tertiary/aromatic N) is 10. The Hall–Kier alpha value is -4.38. The summed E-state index contributed by atoms with van der Waals surface area (Å²) in [6.45, 7) is 4.73. The van der Waals surface area contributed by atoms with Crippen LogP contribution in [0.2, 0.25) is 0 Å². The Kier molecular flexibility index (Phi) is 7.37. The van der Waals surface area contributed by atoms with Crippen LogP contribution < -0.4 is 4.90 Å². The van der Waals surface area contributed by atoms with Gasteiger partial charge in [-0.3, -0.25) is 4.90 Å². The second kappa shape index (κ2) is 11.4. The number of hydrogen-bond donors (Lipinski definition) is 1. The van der Waals surface area contributed by atoms with Crippen LogP contribution >= 0.6 is 0 Å². The first-order valence-corrected chi connectivity index (χ1v) is 13.1. The molecule has 4 aromatic rings. The van der Waals surface area contributed by atoms with Crippen molar-refractivity contribution in [3.8, 4) is 17.3 Å². The molecule has 0 saturated carbocycles. The average molecular weight is 543 g/mol. The third-order valence-corrected chi connectivity index (χ3v) is 7.13. The summed E-state index contributed by atoms with van der Waals surface area (Å²) in [7, 11) is 0. The molecule has 1 fully saturated rings. The number of nitriles is 1. The number of aliphatic hydroxyl groups is 1. The number of rotatable bonds is 7. The standard InChI is InChI=1S/C27H27FN10O2/c28-23-2-1-19(11-20(23)12-29)24-15-30-25-26(33-24)38(35-34-25)17-22-16-37(8-10-40-22)27-31-13-21(14-32-27)18-3-5-36(6-4-18)7-9-39/h1-3,11,13-15,22,39H,4-10,16-17H2/t22-/m0/s1. The van der Waals surface area contributed by atoms with Crippen molar-refractivity contribution in [2.75, 3.05) is 50.8 Å². The molecule has 0 bridgehead atoms. The van der Waals surface area contributed by atoms with Crippen LogP contribution in [0.4, 0.5) is 10.3 Å². The van der Waals surface area contributed by atoms with Crippen molar-refractivity contribution in [2.45, 2.75) is 19.1 Å². The highest BCUT2D eigenvalue weighted by molar-refractivity contribution is 5.70. The van der Waals surface area contributed by atoms with E-state index in [1.165, 1.54) is 23.9 Å². The molecule has 12 nitrogen and oxygen atoms in total. The van der Waals surface area contributed by atoms with Gasteiger partial charge in [-0.1, -0.05) is 11.3 Å². The number of fused-ring (bicyclic) bond motifs is 1. The van der Waals surface area contributed by atoms with E-state index in [2.05, 4.69) is 46.1 Å². The monoisotopic (exact) mass is 542 g/mol. The van der Waals surface area contributed by atoms with E-state index in [9.17, 15) is 4.39 Å². The summed E-state index contributed by atoms with van der Waals surface area (Å²) in [5.74, 6) is 0.0618. The first kappa shape index (κ1) is 25.9. The van der Waals surface area contributed by atoms with Crippen LogP contribution in [0.15, 0.2) is 42.9 Å². The third-order valence-electron chi connectivity index (χ3n) is 7.13. The van der Waals surface area contributed by atoms with Gasteiger partial charge in [0.25, 0.3) is 0 Å². The molecule has 204 valence electrons. The fourth-order valence-electron chi connectivity index (χ4n) is 4.96. The number of morpholine rings is 1. The van der Waals surface area contributed by atoms with Crippen LogP contribution in [0, 0.1) is 17.1 Å². The van der Waals surface area contributed by atoms with Crippen molar-refractivity contribution < 1.29 is 14.2 Å². The molecule has 2 aliphatic rings. The Balaban J connectivity index is 1.15. The van der Waals surface area contributed by atoms with Crippen molar-refractivity contribution in [1.29, 1.82) is 5.26 Å². The van der Waals surface area contributed by atoms with Crippen molar-refractivity contribution in [2.24, 2.45) is 0 Å². The second-order valence-electron chi connectivity index (χ2n) is 9.69. The van der Waals surface area contributed by atoms with Crippen LogP contribution in [-0.4, -0.2) is 97.0 Å². The molecule has 3 aromatic heterocycles. The van der Waals surface area contributed by atoms with Gasteiger partial charge in [0.05, 0.1) is 43.3 Å². The Bertz CT molecular complexity index is 1580. The van der Waals surface area contributed by atoms with Crippen LogP contribution in [0.25, 0.3) is 28.1 Å². The molecule has 13 heteroatoms. The van der Waals surface area contributed by atoms with Gasteiger partial charge in [0, 0.05) is 56.2 Å². The highest BCUT2D eigenvalue weighted by Gasteiger charge is 2.25. The molecule has 0 spiro atoms. The molecule has 0 amide bonds. The van der Waals surface area contributed by atoms with E-state index in [1.54, 1.807) is 10.7 Å². The minimum Gasteiger partial charge on any atom is -0.395 e. The fraction of sp³-hybridized carbons (Fsp3) is 0.370. The van der Waals surface area contributed by atoms with Crippen molar-refractivity contribution >= 4 is 22.8 Å². The van der Waals surface area contributed by atoms with Crippen molar-refractivity contribution in [3.05, 3.63) is 59.8 Å². The molecule has 1 N–H and O–H groups in total.